The number of methoxy groups -OCH3 is 1. The fourth-order valence-corrected chi connectivity index (χ4v) is 3.68. The van der Waals surface area contributed by atoms with Gasteiger partial charge in [0.2, 0.25) is 0 Å². The van der Waals surface area contributed by atoms with E-state index in [2.05, 4.69) is 24.8 Å². The number of nitrogen functional groups attached to an aromatic ring is 2. The number of carbonyl (C=O) groups is 1. The van der Waals surface area contributed by atoms with Crippen LogP contribution in [-0.4, -0.2) is 45.0 Å². The smallest absolute Gasteiger partial charge is 0.413 e. The van der Waals surface area contributed by atoms with Crippen molar-refractivity contribution < 1.29 is 13.9 Å². The molecule has 4 N–H and O–H groups in total. The minimum atomic E-state index is -0.665. The molecule has 12 heteroatoms. The maximum Gasteiger partial charge on any atom is 0.413 e. The van der Waals surface area contributed by atoms with Crippen LogP contribution in [0.4, 0.5) is 26.5 Å². The quantitative estimate of drug-likeness (QED) is 0.506. The zero-order valence-corrected chi connectivity index (χ0v) is 16.9. The van der Waals surface area contributed by atoms with Crippen molar-refractivity contribution >= 4 is 45.8 Å². The molecule has 0 atom stereocenters. The molecule has 1 amide bonds. The summed E-state index contributed by atoms with van der Waals surface area (Å²) < 4.78 is 20.2. The first kappa shape index (κ1) is 19.5. The zero-order valence-electron chi connectivity index (χ0n) is 16.0. The van der Waals surface area contributed by atoms with Crippen LogP contribution in [0.3, 0.4) is 0 Å². The van der Waals surface area contributed by atoms with Crippen LogP contribution in [0.5, 0.6) is 0 Å². The Morgan fingerprint density at radius 3 is 2.67 bits per heavy atom. The van der Waals surface area contributed by atoms with Gasteiger partial charge in [0.15, 0.2) is 28.2 Å². The van der Waals surface area contributed by atoms with Crippen molar-refractivity contribution in [3.8, 4) is 11.5 Å². The molecule has 0 saturated carbocycles. The third-order valence-electron chi connectivity index (χ3n) is 4.45. The number of ether oxygens (including phenoxy) is 1. The number of carbonyl (C=O) groups excluding carboxylic acids is 1. The van der Waals surface area contributed by atoms with Gasteiger partial charge in [0.1, 0.15) is 11.4 Å². The second-order valence-electron chi connectivity index (χ2n) is 6.30. The fourth-order valence-electron chi connectivity index (χ4n) is 3.05. The maximum absolute atomic E-state index is 13.9. The Morgan fingerprint density at radius 2 is 2.03 bits per heavy atom. The Bertz CT molecular complexity index is 1230. The van der Waals surface area contributed by atoms with E-state index in [1.54, 1.807) is 34.5 Å². The second-order valence-corrected chi connectivity index (χ2v) is 7.16. The van der Waals surface area contributed by atoms with E-state index in [1.807, 2.05) is 0 Å². The number of rotatable bonds is 4. The van der Waals surface area contributed by atoms with E-state index in [4.69, 9.17) is 11.5 Å². The fraction of sp³-hybridized carbons (Fsp3) is 0.167. The average molecular weight is 428 g/mol. The largest absolute Gasteiger partial charge is 0.452 e. The van der Waals surface area contributed by atoms with Crippen LogP contribution in [0.15, 0.2) is 29.8 Å². The van der Waals surface area contributed by atoms with Gasteiger partial charge in [-0.25, -0.2) is 24.4 Å². The molecule has 4 rings (SSSR count). The molecule has 0 unspecified atom stereocenters. The van der Waals surface area contributed by atoms with Crippen LogP contribution >= 0.6 is 11.3 Å². The Labute approximate surface area is 173 Å². The van der Waals surface area contributed by atoms with Crippen LogP contribution < -0.4 is 16.4 Å². The molecule has 0 bridgehead atoms. The molecule has 30 heavy (non-hydrogen) atoms. The van der Waals surface area contributed by atoms with Gasteiger partial charge in [-0.3, -0.25) is 4.90 Å². The summed E-state index contributed by atoms with van der Waals surface area (Å²) >= 11 is 1.02. The lowest BCUT2D eigenvalue weighted by atomic mass is 10.2. The molecular formula is C18H17FN8O2S. The molecule has 154 valence electrons. The lowest BCUT2D eigenvalue weighted by Crippen LogP contribution is -2.28. The molecule has 0 spiro atoms. The van der Waals surface area contributed by atoms with Gasteiger partial charge >= 0.3 is 6.09 Å². The first-order valence-corrected chi connectivity index (χ1v) is 9.57. The molecule has 0 radical (unpaired) electrons. The minimum absolute atomic E-state index is 0.0131. The van der Waals surface area contributed by atoms with Crippen LogP contribution in [-0.2, 0) is 11.3 Å². The van der Waals surface area contributed by atoms with Gasteiger partial charge in [-0.2, -0.15) is 9.49 Å². The van der Waals surface area contributed by atoms with Gasteiger partial charge in [-0.1, -0.05) is 0 Å². The van der Waals surface area contributed by atoms with Gasteiger partial charge in [0.05, 0.1) is 19.0 Å². The Morgan fingerprint density at radius 1 is 1.30 bits per heavy atom. The topological polar surface area (TPSA) is 138 Å². The van der Waals surface area contributed by atoms with Crippen LogP contribution in [0.1, 0.15) is 5.56 Å². The third-order valence-corrected chi connectivity index (χ3v) is 5.20. The van der Waals surface area contributed by atoms with Gasteiger partial charge in [0.25, 0.3) is 0 Å². The lowest BCUT2D eigenvalue weighted by Gasteiger charge is -2.18. The highest BCUT2D eigenvalue weighted by molar-refractivity contribution is 7.08. The van der Waals surface area contributed by atoms with Crippen molar-refractivity contribution in [3.05, 3.63) is 40.5 Å². The Balaban J connectivity index is 1.82. The van der Waals surface area contributed by atoms with Gasteiger partial charge in [-0.15, -0.1) is 11.3 Å². The summed E-state index contributed by atoms with van der Waals surface area (Å²) in [5.41, 5.74) is 13.7. The Hall–Kier alpha value is -3.80. The number of hydrogen-bond acceptors (Lipinski definition) is 9. The summed E-state index contributed by atoms with van der Waals surface area (Å²) in [6, 6.07) is 5.24. The maximum atomic E-state index is 13.9. The Kier molecular flexibility index (Phi) is 4.91. The van der Waals surface area contributed by atoms with E-state index >= 15 is 0 Å². The van der Waals surface area contributed by atoms with E-state index in [1.165, 1.54) is 14.2 Å². The van der Waals surface area contributed by atoms with Crippen molar-refractivity contribution in [1.82, 2.24) is 24.7 Å². The summed E-state index contributed by atoms with van der Waals surface area (Å²) in [6.07, 6.45) is 0.952. The molecule has 4 aromatic heterocycles. The molecule has 0 aliphatic rings. The van der Waals surface area contributed by atoms with Crippen molar-refractivity contribution in [2.24, 2.45) is 0 Å². The van der Waals surface area contributed by atoms with E-state index in [0.717, 1.165) is 16.2 Å². The first-order chi connectivity index (χ1) is 14.4. The minimum Gasteiger partial charge on any atom is -0.452 e. The standard InChI is InChI=1S/C18H17FN8O2S/c1-26(18(28)29-2)12-14(20)23-16(24-15(12)21)11-10-4-3-6-22-17(10)27(25-11)8-9-5-7-30-13(9)19/h3-7H,8H2,1-2H3,(H4,20,21,23,24). The zero-order chi connectivity index (χ0) is 21.4. The number of anilines is 3. The van der Waals surface area contributed by atoms with Crippen LogP contribution in [0.25, 0.3) is 22.6 Å². The molecule has 4 heterocycles. The second kappa shape index (κ2) is 7.55. The number of hydrogen-bond donors (Lipinski definition) is 2. The van der Waals surface area contributed by atoms with Crippen LogP contribution in [0.2, 0.25) is 0 Å². The monoisotopic (exact) mass is 428 g/mol. The van der Waals surface area contributed by atoms with Gasteiger partial charge in [0, 0.05) is 18.8 Å². The number of nitrogens with two attached hydrogens (primary N) is 2. The number of aromatic nitrogens is 5. The molecule has 0 aliphatic carbocycles. The predicted molar refractivity (Wildman–Crippen MR) is 112 cm³/mol. The SMILES string of the molecule is COC(=O)N(C)c1c(N)nc(-c2nn(Cc3ccsc3F)c3ncccc23)nc1N. The lowest BCUT2D eigenvalue weighted by molar-refractivity contribution is 0.180. The summed E-state index contributed by atoms with van der Waals surface area (Å²) in [7, 11) is 2.68. The average Bonchev–Trinajstić information content (AvgIpc) is 3.30. The number of pyridine rings is 1. The number of halogens is 1. The van der Waals surface area contributed by atoms with Crippen molar-refractivity contribution in [3.63, 3.8) is 0 Å². The third kappa shape index (κ3) is 3.26. The normalized spacial score (nSPS) is 11.0. The van der Waals surface area contributed by atoms with E-state index in [-0.39, 0.29) is 34.8 Å². The van der Waals surface area contributed by atoms with E-state index in [0.29, 0.717) is 22.3 Å². The van der Waals surface area contributed by atoms with Crippen molar-refractivity contribution in [2.45, 2.75) is 6.54 Å². The summed E-state index contributed by atoms with van der Waals surface area (Å²) in [5.74, 6) is 0.135. The highest BCUT2D eigenvalue weighted by atomic mass is 32.1. The molecule has 0 fully saturated rings. The van der Waals surface area contributed by atoms with Gasteiger partial charge < -0.3 is 16.2 Å². The van der Waals surface area contributed by atoms with E-state index < -0.39 is 6.09 Å². The number of fused-ring (bicyclic) bond motifs is 1. The molecular weight excluding hydrogens is 411 g/mol. The summed E-state index contributed by atoms with van der Waals surface area (Å²) in [4.78, 5) is 25.8. The van der Waals surface area contributed by atoms with E-state index in [9.17, 15) is 9.18 Å². The van der Waals surface area contributed by atoms with Gasteiger partial charge in [-0.05, 0) is 23.6 Å². The first-order valence-electron chi connectivity index (χ1n) is 8.69. The summed E-state index contributed by atoms with van der Waals surface area (Å²) in [5, 5.41) is 6.58. The number of nitrogens with zero attached hydrogens (tertiary/aromatic N) is 6. The molecule has 0 aliphatic heterocycles. The molecule has 0 aromatic carbocycles. The van der Waals surface area contributed by atoms with Crippen molar-refractivity contribution in [2.75, 3.05) is 30.5 Å². The molecule has 4 aromatic rings. The molecule has 0 saturated heterocycles. The number of thiophene rings is 1. The number of amides is 1. The summed E-state index contributed by atoms with van der Waals surface area (Å²) in [6.45, 7) is 0.191. The van der Waals surface area contributed by atoms with Crippen LogP contribution in [0, 0.1) is 5.13 Å². The molecule has 10 nitrogen and oxygen atoms in total. The highest BCUT2D eigenvalue weighted by Gasteiger charge is 2.23. The predicted octanol–water partition coefficient (Wildman–Crippen LogP) is 2.50. The van der Waals surface area contributed by atoms with Crippen molar-refractivity contribution in [1.29, 1.82) is 0 Å². The highest BCUT2D eigenvalue weighted by Crippen LogP contribution is 2.32.